The molecule has 3 heteroatoms. The van der Waals surface area contributed by atoms with Crippen LogP contribution in [0.25, 0.3) is 0 Å². The second-order valence-electron chi connectivity index (χ2n) is 4.18. The number of nitrogens with one attached hydrogen (secondary N) is 1. The Kier molecular flexibility index (Phi) is 5.29. The number of benzene rings is 1. The third-order valence-electron chi connectivity index (χ3n) is 2.69. The van der Waals surface area contributed by atoms with Crippen LogP contribution in [-0.2, 0) is 6.42 Å². The highest BCUT2D eigenvalue weighted by molar-refractivity contribution is 5.38. The first kappa shape index (κ1) is 13.0. The van der Waals surface area contributed by atoms with Gasteiger partial charge in [0.15, 0.2) is 0 Å². The Morgan fingerprint density at radius 2 is 2.12 bits per heavy atom. The molecule has 0 atom stereocenters. The molecule has 1 rings (SSSR count). The second kappa shape index (κ2) is 6.51. The number of hydrogen-bond donors (Lipinski definition) is 2. The Hall–Kier alpha value is -1.06. The van der Waals surface area contributed by atoms with E-state index in [1.165, 1.54) is 11.1 Å². The normalized spacial score (nSPS) is 10.8. The van der Waals surface area contributed by atoms with E-state index in [4.69, 9.17) is 10.5 Å². The van der Waals surface area contributed by atoms with E-state index in [9.17, 15) is 0 Å². The Morgan fingerprint density at radius 3 is 2.69 bits per heavy atom. The molecule has 0 bridgehead atoms. The van der Waals surface area contributed by atoms with Gasteiger partial charge in [0.2, 0.25) is 0 Å². The predicted octanol–water partition coefficient (Wildman–Crippen LogP) is 1.87. The number of methoxy groups -OCH3 is 1. The molecule has 0 aromatic heterocycles. The second-order valence-corrected chi connectivity index (χ2v) is 4.18. The van der Waals surface area contributed by atoms with Crippen molar-refractivity contribution in [2.75, 3.05) is 20.3 Å². The molecule has 0 fully saturated rings. The first-order chi connectivity index (χ1) is 7.69. The summed E-state index contributed by atoms with van der Waals surface area (Å²) in [6.07, 6.45) is 0.945. The van der Waals surface area contributed by atoms with Crippen molar-refractivity contribution in [3.05, 3.63) is 29.3 Å². The molecule has 0 heterocycles. The molecular weight excluding hydrogens is 200 g/mol. The lowest BCUT2D eigenvalue weighted by atomic mass is 9.99. The molecule has 1 aromatic rings. The Morgan fingerprint density at radius 1 is 1.38 bits per heavy atom. The quantitative estimate of drug-likeness (QED) is 0.570. The summed E-state index contributed by atoms with van der Waals surface area (Å²) in [7, 11) is 1.71. The van der Waals surface area contributed by atoms with Gasteiger partial charge in [0.1, 0.15) is 5.75 Å². The fourth-order valence-electron chi connectivity index (χ4n) is 1.68. The summed E-state index contributed by atoms with van der Waals surface area (Å²) in [5.74, 6) is 1.51. The molecule has 16 heavy (non-hydrogen) atoms. The van der Waals surface area contributed by atoms with Gasteiger partial charge in [0, 0.05) is 13.2 Å². The number of rotatable bonds is 6. The van der Waals surface area contributed by atoms with E-state index in [1.807, 2.05) is 6.07 Å². The highest BCUT2D eigenvalue weighted by Gasteiger charge is 2.06. The van der Waals surface area contributed by atoms with Crippen LogP contribution in [0.4, 0.5) is 0 Å². The van der Waals surface area contributed by atoms with Crippen molar-refractivity contribution in [3.63, 3.8) is 0 Å². The molecule has 0 aliphatic carbocycles. The van der Waals surface area contributed by atoms with Crippen molar-refractivity contribution >= 4 is 0 Å². The van der Waals surface area contributed by atoms with Crippen molar-refractivity contribution in [3.8, 4) is 5.75 Å². The minimum Gasteiger partial charge on any atom is -0.496 e. The molecule has 3 N–H and O–H groups in total. The lowest BCUT2D eigenvalue weighted by Crippen LogP contribution is -2.24. The highest BCUT2D eigenvalue weighted by atomic mass is 16.5. The topological polar surface area (TPSA) is 47.3 Å². The maximum absolute atomic E-state index is 5.40. The van der Waals surface area contributed by atoms with Gasteiger partial charge in [-0.25, -0.2) is 0 Å². The van der Waals surface area contributed by atoms with Crippen molar-refractivity contribution in [2.45, 2.75) is 26.2 Å². The predicted molar refractivity (Wildman–Crippen MR) is 67.8 cm³/mol. The minimum atomic E-state index is 0.520. The zero-order valence-electron chi connectivity index (χ0n) is 10.4. The van der Waals surface area contributed by atoms with Crippen LogP contribution in [0.15, 0.2) is 18.2 Å². The van der Waals surface area contributed by atoms with E-state index in [2.05, 4.69) is 31.3 Å². The fraction of sp³-hybridized carbons (Fsp3) is 0.538. The molecular formula is C13H22N2O. The number of hydrogen-bond acceptors (Lipinski definition) is 3. The maximum atomic E-state index is 5.40. The van der Waals surface area contributed by atoms with E-state index < -0.39 is 0 Å². The average Bonchev–Trinajstić information content (AvgIpc) is 2.29. The van der Waals surface area contributed by atoms with E-state index in [-0.39, 0.29) is 0 Å². The largest absolute Gasteiger partial charge is 0.496 e. The van der Waals surface area contributed by atoms with Gasteiger partial charge in [0.05, 0.1) is 7.11 Å². The summed E-state index contributed by atoms with van der Waals surface area (Å²) in [5, 5.41) is 3.12. The van der Waals surface area contributed by atoms with E-state index in [0.29, 0.717) is 12.6 Å². The molecule has 0 aliphatic rings. The van der Waals surface area contributed by atoms with Gasteiger partial charge >= 0.3 is 0 Å². The summed E-state index contributed by atoms with van der Waals surface area (Å²) < 4.78 is 5.35. The molecule has 0 saturated heterocycles. The Labute approximate surface area is 98.0 Å². The SMILES string of the molecule is COc1ccc(C(C)C)cc1CCNCN. The lowest BCUT2D eigenvalue weighted by Gasteiger charge is -2.12. The van der Waals surface area contributed by atoms with Crippen LogP contribution in [0.2, 0.25) is 0 Å². The average molecular weight is 222 g/mol. The molecule has 0 spiro atoms. The van der Waals surface area contributed by atoms with Gasteiger partial charge < -0.3 is 15.8 Å². The maximum Gasteiger partial charge on any atom is 0.122 e. The van der Waals surface area contributed by atoms with Crippen LogP contribution in [0, 0.1) is 0 Å². The molecule has 0 amide bonds. The summed E-state index contributed by atoms with van der Waals surface area (Å²) in [4.78, 5) is 0. The van der Waals surface area contributed by atoms with Crippen molar-refractivity contribution in [1.82, 2.24) is 5.32 Å². The molecule has 0 radical (unpaired) electrons. The van der Waals surface area contributed by atoms with Gasteiger partial charge in [-0.2, -0.15) is 0 Å². The monoisotopic (exact) mass is 222 g/mol. The first-order valence-electron chi connectivity index (χ1n) is 5.76. The molecule has 90 valence electrons. The fourth-order valence-corrected chi connectivity index (χ4v) is 1.68. The third kappa shape index (κ3) is 3.51. The van der Waals surface area contributed by atoms with E-state index in [1.54, 1.807) is 7.11 Å². The van der Waals surface area contributed by atoms with Gasteiger partial charge in [-0.1, -0.05) is 26.0 Å². The van der Waals surface area contributed by atoms with E-state index >= 15 is 0 Å². The lowest BCUT2D eigenvalue weighted by molar-refractivity contribution is 0.409. The van der Waals surface area contributed by atoms with Gasteiger partial charge in [-0.3, -0.25) is 0 Å². The summed E-state index contributed by atoms with van der Waals surface area (Å²) in [6.45, 7) is 5.80. The van der Waals surface area contributed by atoms with Crippen LogP contribution >= 0.6 is 0 Å². The van der Waals surface area contributed by atoms with E-state index in [0.717, 1.165) is 18.7 Å². The zero-order valence-corrected chi connectivity index (χ0v) is 10.4. The summed E-state index contributed by atoms with van der Waals surface area (Å²) >= 11 is 0. The summed E-state index contributed by atoms with van der Waals surface area (Å²) in [5.41, 5.74) is 7.99. The van der Waals surface area contributed by atoms with Crippen LogP contribution < -0.4 is 15.8 Å². The molecule has 1 aromatic carbocycles. The van der Waals surface area contributed by atoms with Crippen LogP contribution in [0.3, 0.4) is 0 Å². The number of nitrogens with two attached hydrogens (primary N) is 1. The van der Waals surface area contributed by atoms with Crippen LogP contribution in [0.5, 0.6) is 5.75 Å². The summed E-state index contributed by atoms with van der Waals surface area (Å²) in [6, 6.07) is 6.40. The standard InChI is InChI=1S/C13H22N2O/c1-10(2)11-4-5-13(16-3)12(8-11)6-7-15-9-14/h4-5,8,10,15H,6-7,9,14H2,1-3H3. The van der Waals surface area contributed by atoms with Crippen molar-refractivity contribution < 1.29 is 4.74 Å². The minimum absolute atomic E-state index is 0.520. The van der Waals surface area contributed by atoms with Gasteiger partial charge in [-0.15, -0.1) is 0 Å². The third-order valence-corrected chi connectivity index (χ3v) is 2.69. The van der Waals surface area contributed by atoms with Gasteiger partial charge in [-0.05, 0) is 29.5 Å². The Balaban J connectivity index is 2.80. The van der Waals surface area contributed by atoms with Crippen molar-refractivity contribution in [1.29, 1.82) is 0 Å². The molecule has 0 aliphatic heterocycles. The molecule has 0 unspecified atom stereocenters. The number of ether oxygens (including phenoxy) is 1. The molecule has 0 saturated carbocycles. The smallest absolute Gasteiger partial charge is 0.122 e. The van der Waals surface area contributed by atoms with Gasteiger partial charge in [0.25, 0.3) is 0 Å². The first-order valence-corrected chi connectivity index (χ1v) is 5.76. The highest BCUT2D eigenvalue weighted by Crippen LogP contribution is 2.24. The van der Waals surface area contributed by atoms with Crippen LogP contribution in [-0.4, -0.2) is 20.3 Å². The van der Waals surface area contributed by atoms with Crippen molar-refractivity contribution in [2.24, 2.45) is 5.73 Å². The van der Waals surface area contributed by atoms with Crippen LogP contribution in [0.1, 0.15) is 30.9 Å². The zero-order chi connectivity index (χ0) is 12.0. The Bertz CT molecular complexity index is 324. The molecule has 3 nitrogen and oxygen atoms in total.